The van der Waals surface area contributed by atoms with Crippen molar-refractivity contribution >= 4 is 22.9 Å². The Labute approximate surface area is 87.4 Å². The maximum absolute atomic E-state index is 11.8. The lowest BCUT2D eigenvalue weighted by atomic mass is 9.89. The normalized spacial score (nSPS) is 15.8. The molecule has 0 bridgehead atoms. The topological polar surface area (TPSA) is 43.1 Å². The predicted molar refractivity (Wildman–Crippen MR) is 59.4 cm³/mol. The molecule has 3 heteroatoms. The molecule has 1 aromatic carbocycles. The van der Waals surface area contributed by atoms with Crippen LogP contribution in [0, 0.1) is 0 Å². The van der Waals surface area contributed by atoms with E-state index in [9.17, 15) is 4.79 Å². The number of nitrogens with two attached hydrogens (primary N) is 1. The fourth-order valence-corrected chi connectivity index (χ4v) is 1.85. The van der Waals surface area contributed by atoms with E-state index in [0.29, 0.717) is 21.7 Å². The van der Waals surface area contributed by atoms with Gasteiger partial charge in [-0.15, -0.1) is 0 Å². The standard InChI is InChI=1S/C11H9NOS/c1-6-9(12)11(14)8-5-3-2-4-7(8)10(6)13/h2-5H,12H2,1H3. The highest BCUT2D eigenvalue weighted by Crippen LogP contribution is 2.23. The Hall–Kier alpha value is -1.48. The molecule has 0 amide bonds. The molecule has 0 fully saturated rings. The number of rotatable bonds is 0. The molecule has 70 valence electrons. The molecule has 2 rings (SSSR count). The molecule has 1 aliphatic carbocycles. The van der Waals surface area contributed by atoms with Crippen LogP contribution in [0.5, 0.6) is 0 Å². The van der Waals surface area contributed by atoms with Gasteiger partial charge < -0.3 is 5.73 Å². The van der Waals surface area contributed by atoms with E-state index >= 15 is 0 Å². The third-order valence-electron chi connectivity index (χ3n) is 2.41. The Kier molecular flexibility index (Phi) is 1.97. The van der Waals surface area contributed by atoms with E-state index in [4.69, 9.17) is 18.0 Å². The highest BCUT2D eigenvalue weighted by molar-refractivity contribution is 7.81. The molecule has 0 unspecified atom stereocenters. The van der Waals surface area contributed by atoms with E-state index in [1.54, 1.807) is 13.0 Å². The van der Waals surface area contributed by atoms with Crippen molar-refractivity contribution in [1.29, 1.82) is 0 Å². The molecule has 0 atom stereocenters. The highest BCUT2D eigenvalue weighted by Gasteiger charge is 2.24. The van der Waals surface area contributed by atoms with Crippen LogP contribution in [0.3, 0.4) is 0 Å². The second-order valence-electron chi connectivity index (χ2n) is 3.24. The third kappa shape index (κ3) is 1.09. The first-order chi connectivity index (χ1) is 6.63. The number of fused-ring (bicyclic) bond motifs is 1. The van der Waals surface area contributed by atoms with Gasteiger partial charge in [0.1, 0.15) is 0 Å². The van der Waals surface area contributed by atoms with Gasteiger partial charge in [0.05, 0.1) is 10.6 Å². The van der Waals surface area contributed by atoms with E-state index in [2.05, 4.69) is 0 Å². The maximum Gasteiger partial charge on any atom is 0.191 e. The van der Waals surface area contributed by atoms with Gasteiger partial charge in [0.15, 0.2) is 5.78 Å². The molecule has 1 aliphatic rings. The van der Waals surface area contributed by atoms with Gasteiger partial charge in [-0.3, -0.25) is 4.79 Å². The van der Waals surface area contributed by atoms with E-state index < -0.39 is 0 Å². The summed E-state index contributed by atoms with van der Waals surface area (Å²) in [5.41, 5.74) is 8.16. The summed E-state index contributed by atoms with van der Waals surface area (Å²) in [4.78, 5) is 12.4. The molecule has 0 heterocycles. The molecule has 0 saturated heterocycles. The van der Waals surface area contributed by atoms with Gasteiger partial charge in [-0.25, -0.2) is 0 Å². The summed E-state index contributed by atoms with van der Waals surface area (Å²) >= 11 is 5.18. The molecule has 2 N–H and O–H groups in total. The minimum absolute atomic E-state index is 0.0216. The van der Waals surface area contributed by atoms with Gasteiger partial charge in [0.25, 0.3) is 0 Å². The molecule has 0 radical (unpaired) electrons. The van der Waals surface area contributed by atoms with Crippen molar-refractivity contribution in [3.05, 3.63) is 46.7 Å². The van der Waals surface area contributed by atoms with Gasteiger partial charge in [-0.05, 0) is 6.92 Å². The van der Waals surface area contributed by atoms with E-state index in [1.165, 1.54) is 0 Å². The number of Topliss-reactive ketones (excluding diaryl/α,β-unsaturated/α-hetero) is 1. The number of allylic oxidation sites excluding steroid dienone is 2. The lowest BCUT2D eigenvalue weighted by molar-refractivity contribution is 0.103. The molecular weight excluding hydrogens is 194 g/mol. The van der Waals surface area contributed by atoms with Crippen molar-refractivity contribution < 1.29 is 4.79 Å². The van der Waals surface area contributed by atoms with Crippen LogP contribution in [0.4, 0.5) is 0 Å². The fraction of sp³-hybridized carbons (Fsp3) is 0.0909. The van der Waals surface area contributed by atoms with Crippen molar-refractivity contribution in [3.8, 4) is 0 Å². The summed E-state index contributed by atoms with van der Waals surface area (Å²) in [6.07, 6.45) is 0. The maximum atomic E-state index is 11.8. The zero-order valence-corrected chi connectivity index (χ0v) is 8.52. The van der Waals surface area contributed by atoms with Gasteiger partial charge in [-0.2, -0.15) is 0 Å². The summed E-state index contributed by atoms with van der Waals surface area (Å²) in [6.45, 7) is 1.71. The van der Waals surface area contributed by atoms with Crippen molar-refractivity contribution in [1.82, 2.24) is 0 Å². The first-order valence-electron chi connectivity index (χ1n) is 4.27. The van der Waals surface area contributed by atoms with Gasteiger partial charge >= 0.3 is 0 Å². The quantitative estimate of drug-likeness (QED) is 0.654. The Bertz CT molecular complexity index is 431. The van der Waals surface area contributed by atoms with Crippen LogP contribution < -0.4 is 5.73 Å². The Balaban J connectivity index is 2.73. The first-order valence-corrected chi connectivity index (χ1v) is 4.68. The molecule has 14 heavy (non-hydrogen) atoms. The Morgan fingerprint density at radius 3 is 2.43 bits per heavy atom. The first kappa shape index (κ1) is 9.09. The zero-order valence-electron chi connectivity index (χ0n) is 7.70. The van der Waals surface area contributed by atoms with E-state index in [-0.39, 0.29) is 5.78 Å². The number of hydrogen-bond acceptors (Lipinski definition) is 3. The summed E-state index contributed by atoms with van der Waals surface area (Å²) in [5.74, 6) is -0.0216. The van der Waals surface area contributed by atoms with Crippen molar-refractivity contribution in [2.24, 2.45) is 5.73 Å². The summed E-state index contributed by atoms with van der Waals surface area (Å²) < 4.78 is 0. The van der Waals surface area contributed by atoms with Crippen LogP contribution in [0.1, 0.15) is 22.8 Å². The number of hydrogen-bond donors (Lipinski definition) is 1. The zero-order chi connectivity index (χ0) is 10.3. The van der Waals surface area contributed by atoms with Crippen LogP contribution in [0.2, 0.25) is 0 Å². The summed E-state index contributed by atoms with van der Waals surface area (Å²) in [7, 11) is 0. The largest absolute Gasteiger partial charge is 0.397 e. The van der Waals surface area contributed by atoms with Crippen LogP contribution in [0.15, 0.2) is 35.5 Å². The summed E-state index contributed by atoms with van der Waals surface area (Å²) in [6, 6.07) is 7.29. The number of benzene rings is 1. The second-order valence-corrected chi connectivity index (χ2v) is 3.65. The number of carbonyl (C=O) groups is 1. The molecule has 2 nitrogen and oxygen atoms in total. The predicted octanol–water partition coefficient (Wildman–Crippen LogP) is 1.83. The highest BCUT2D eigenvalue weighted by atomic mass is 32.1. The summed E-state index contributed by atoms with van der Waals surface area (Å²) in [5, 5.41) is 0. The SMILES string of the molecule is CC1=C(N)C(=S)c2ccccc2C1=O. The van der Waals surface area contributed by atoms with Gasteiger partial charge in [0.2, 0.25) is 0 Å². The minimum atomic E-state index is -0.0216. The van der Waals surface area contributed by atoms with Gasteiger partial charge in [-0.1, -0.05) is 36.5 Å². The molecule has 0 aromatic heterocycles. The van der Waals surface area contributed by atoms with Crippen LogP contribution in [0.25, 0.3) is 0 Å². The smallest absolute Gasteiger partial charge is 0.191 e. The van der Waals surface area contributed by atoms with Crippen molar-refractivity contribution in [3.63, 3.8) is 0 Å². The van der Waals surface area contributed by atoms with Crippen LogP contribution >= 0.6 is 12.2 Å². The molecule has 0 saturated carbocycles. The average molecular weight is 203 g/mol. The average Bonchev–Trinajstić information content (AvgIpc) is 2.23. The number of ketones is 1. The Morgan fingerprint density at radius 1 is 1.21 bits per heavy atom. The molecular formula is C11H9NOS. The Morgan fingerprint density at radius 2 is 1.79 bits per heavy atom. The number of carbonyl (C=O) groups excluding carboxylic acids is 1. The van der Waals surface area contributed by atoms with E-state index in [0.717, 1.165) is 5.56 Å². The minimum Gasteiger partial charge on any atom is -0.397 e. The lowest BCUT2D eigenvalue weighted by Gasteiger charge is -2.17. The van der Waals surface area contributed by atoms with E-state index in [1.807, 2.05) is 18.2 Å². The molecule has 1 aromatic rings. The van der Waals surface area contributed by atoms with Crippen molar-refractivity contribution in [2.45, 2.75) is 6.92 Å². The lowest BCUT2D eigenvalue weighted by Crippen LogP contribution is -2.24. The van der Waals surface area contributed by atoms with Crippen LogP contribution in [-0.2, 0) is 0 Å². The third-order valence-corrected chi connectivity index (χ3v) is 2.85. The van der Waals surface area contributed by atoms with Gasteiger partial charge in [0, 0.05) is 16.7 Å². The van der Waals surface area contributed by atoms with Crippen molar-refractivity contribution in [2.75, 3.05) is 0 Å². The second kappa shape index (κ2) is 3.03. The molecule has 0 spiro atoms. The fourth-order valence-electron chi connectivity index (χ4n) is 1.52. The number of thiocarbonyl (C=S) groups is 1. The molecule has 0 aliphatic heterocycles. The van der Waals surface area contributed by atoms with Crippen LogP contribution in [-0.4, -0.2) is 10.6 Å². The monoisotopic (exact) mass is 203 g/mol.